The van der Waals surface area contributed by atoms with E-state index < -0.39 is 12.0 Å². The van der Waals surface area contributed by atoms with Gasteiger partial charge in [0.25, 0.3) is 0 Å². The first-order valence-electron chi connectivity index (χ1n) is 4.76. The van der Waals surface area contributed by atoms with Gasteiger partial charge in [0.05, 0.1) is 19.8 Å². The van der Waals surface area contributed by atoms with Gasteiger partial charge in [-0.3, -0.25) is 4.79 Å². The standard InChI is InChI=1S/C9H19NO4.ClH/c1-3-12-4-5-13-6-7-14-9(11)8(2)10;/h8H,3-7,10H2,1-2H3;1H/t8-;/m0./s1. The van der Waals surface area contributed by atoms with Crippen molar-refractivity contribution in [2.75, 3.05) is 33.0 Å². The monoisotopic (exact) mass is 241 g/mol. The van der Waals surface area contributed by atoms with E-state index in [0.717, 1.165) is 0 Å². The molecule has 0 amide bonds. The van der Waals surface area contributed by atoms with E-state index in [1.54, 1.807) is 6.92 Å². The zero-order valence-electron chi connectivity index (χ0n) is 9.23. The number of carbonyl (C=O) groups is 1. The Morgan fingerprint density at radius 1 is 1.20 bits per heavy atom. The maximum atomic E-state index is 10.9. The fourth-order valence-electron chi connectivity index (χ4n) is 0.697. The summed E-state index contributed by atoms with van der Waals surface area (Å²) in [6.45, 7) is 5.89. The molecule has 0 bridgehead atoms. The summed E-state index contributed by atoms with van der Waals surface area (Å²) in [5.74, 6) is -0.404. The predicted octanol–water partition coefficient (Wildman–Crippen LogP) is 0.352. The molecule has 0 unspecified atom stereocenters. The molecular weight excluding hydrogens is 222 g/mol. The Morgan fingerprint density at radius 3 is 2.27 bits per heavy atom. The highest BCUT2D eigenvalue weighted by Crippen LogP contribution is 1.85. The van der Waals surface area contributed by atoms with E-state index in [9.17, 15) is 4.79 Å². The van der Waals surface area contributed by atoms with Crippen molar-refractivity contribution < 1.29 is 19.0 Å². The van der Waals surface area contributed by atoms with Crippen LogP contribution in [0.4, 0.5) is 0 Å². The highest BCUT2D eigenvalue weighted by Gasteiger charge is 2.07. The molecule has 6 heteroatoms. The number of hydrogen-bond donors (Lipinski definition) is 1. The van der Waals surface area contributed by atoms with Gasteiger partial charge >= 0.3 is 5.97 Å². The molecule has 0 aromatic carbocycles. The fraction of sp³-hybridized carbons (Fsp3) is 0.889. The van der Waals surface area contributed by atoms with Crippen molar-refractivity contribution in [2.24, 2.45) is 5.73 Å². The summed E-state index contributed by atoms with van der Waals surface area (Å²) in [5.41, 5.74) is 5.28. The first kappa shape index (κ1) is 17.0. The summed E-state index contributed by atoms with van der Waals surface area (Å²) in [5, 5.41) is 0. The smallest absolute Gasteiger partial charge is 0.322 e. The van der Waals surface area contributed by atoms with Crippen LogP contribution in [0.3, 0.4) is 0 Å². The fourth-order valence-corrected chi connectivity index (χ4v) is 0.697. The van der Waals surface area contributed by atoms with E-state index in [4.69, 9.17) is 19.9 Å². The largest absolute Gasteiger partial charge is 0.462 e. The number of nitrogens with two attached hydrogens (primary N) is 1. The van der Waals surface area contributed by atoms with Crippen molar-refractivity contribution in [3.8, 4) is 0 Å². The van der Waals surface area contributed by atoms with Crippen molar-refractivity contribution in [1.29, 1.82) is 0 Å². The molecular formula is C9H20ClNO4. The van der Waals surface area contributed by atoms with Crippen molar-refractivity contribution in [2.45, 2.75) is 19.9 Å². The minimum absolute atomic E-state index is 0. The van der Waals surface area contributed by atoms with Crippen LogP contribution in [-0.2, 0) is 19.0 Å². The molecule has 5 nitrogen and oxygen atoms in total. The molecule has 1 atom stereocenters. The van der Waals surface area contributed by atoms with Gasteiger partial charge in [0.1, 0.15) is 12.6 Å². The Balaban J connectivity index is 0. The predicted molar refractivity (Wildman–Crippen MR) is 59.2 cm³/mol. The number of hydrogen-bond acceptors (Lipinski definition) is 5. The molecule has 0 fully saturated rings. The Bertz CT molecular complexity index is 155. The van der Waals surface area contributed by atoms with Gasteiger partial charge in [-0.15, -0.1) is 12.4 Å². The maximum absolute atomic E-state index is 10.9. The van der Waals surface area contributed by atoms with E-state index in [-0.39, 0.29) is 19.0 Å². The second-order valence-electron chi connectivity index (χ2n) is 2.77. The number of carbonyl (C=O) groups excluding carboxylic acids is 1. The van der Waals surface area contributed by atoms with Gasteiger partial charge in [0.15, 0.2) is 0 Å². The van der Waals surface area contributed by atoms with Crippen LogP contribution in [0.25, 0.3) is 0 Å². The molecule has 0 rings (SSSR count). The maximum Gasteiger partial charge on any atom is 0.322 e. The third kappa shape index (κ3) is 11.6. The quantitative estimate of drug-likeness (QED) is 0.491. The van der Waals surface area contributed by atoms with Crippen LogP contribution in [0.2, 0.25) is 0 Å². The van der Waals surface area contributed by atoms with Crippen molar-refractivity contribution in [1.82, 2.24) is 0 Å². The van der Waals surface area contributed by atoms with Crippen LogP contribution < -0.4 is 5.73 Å². The summed E-state index contributed by atoms with van der Waals surface area (Å²) in [6, 6.07) is -0.571. The first-order valence-corrected chi connectivity index (χ1v) is 4.76. The van der Waals surface area contributed by atoms with Crippen LogP contribution in [-0.4, -0.2) is 45.0 Å². The van der Waals surface area contributed by atoms with Gasteiger partial charge in [-0.2, -0.15) is 0 Å². The molecule has 0 saturated carbocycles. The third-order valence-electron chi connectivity index (χ3n) is 1.42. The van der Waals surface area contributed by atoms with Gasteiger partial charge in [0, 0.05) is 6.61 Å². The van der Waals surface area contributed by atoms with E-state index >= 15 is 0 Å². The van der Waals surface area contributed by atoms with Gasteiger partial charge in [-0.1, -0.05) is 0 Å². The van der Waals surface area contributed by atoms with E-state index in [0.29, 0.717) is 26.4 Å². The molecule has 0 aromatic rings. The highest BCUT2D eigenvalue weighted by molar-refractivity contribution is 5.85. The van der Waals surface area contributed by atoms with E-state index in [1.807, 2.05) is 6.92 Å². The third-order valence-corrected chi connectivity index (χ3v) is 1.42. The molecule has 15 heavy (non-hydrogen) atoms. The molecule has 92 valence electrons. The number of esters is 1. The minimum Gasteiger partial charge on any atom is -0.462 e. The number of halogens is 1. The summed E-state index contributed by atoms with van der Waals surface area (Å²) in [6.07, 6.45) is 0. The topological polar surface area (TPSA) is 70.8 Å². The summed E-state index contributed by atoms with van der Waals surface area (Å²) >= 11 is 0. The average molecular weight is 242 g/mol. The minimum atomic E-state index is -0.571. The number of rotatable bonds is 8. The summed E-state index contributed by atoms with van der Waals surface area (Å²) < 4.78 is 14.9. The highest BCUT2D eigenvalue weighted by atomic mass is 35.5. The lowest BCUT2D eigenvalue weighted by Crippen LogP contribution is -2.29. The average Bonchev–Trinajstić information content (AvgIpc) is 2.16. The lowest BCUT2D eigenvalue weighted by Gasteiger charge is -2.07. The van der Waals surface area contributed by atoms with Crippen LogP contribution in [0.5, 0.6) is 0 Å². The Kier molecular flexibility index (Phi) is 13.3. The molecule has 0 radical (unpaired) electrons. The molecule has 0 aliphatic carbocycles. The van der Waals surface area contributed by atoms with Crippen LogP contribution in [0, 0.1) is 0 Å². The first-order chi connectivity index (χ1) is 6.68. The molecule has 0 saturated heterocycles. The molecule has 0 aliphatic heterocycles. The van der Waals surface area contributed by atoms with Crippen LogP contribution in [0.15, 0.2) is 0 Å². The Morgan fingerprint density at radius 2 is 1.73 bits per heavy atom. The lowest BCUT2D eigenvalue weighted by atomic mass is 10.4. The second-order valence-corrected chi connectivity index (χ2v) is 2.77. The zero-order valence-corrected chi connectivity index (χ0v) is 10.0. The SMILES string of the molecule is CCOCCOCCOC(=O)[C@H](C)N.Cl. The Hall–Kier alpha value is -0.360. The normalized spacial score (nSPS) is 11.7. The summed E-state index contributed by atoms with van der Waals surface area (Å²) in [7, 11) is 0. The molecule has 0 aromatic heterocycles. The van der Waals surface area contributed by atoms with Gasteiger partial charge < -0.3 is 19.9 Å². The van der Waals surface area contributed by atoms with Crippen molar-refractivity contribution >= 4 is 18.4 Å². The molecule has 0 spiro atoms. The number of ether oxygens (including phenoxy) is 3. The van der Waals surface area contributed by atoms with Gasteiger partial charge in [-0.25, -0.2) is 0 Å². The summed E-state index contributed by atoms with van der Waals surface area (Å²) in [4.78, 5) is 10.9. The van der Waals surface area contributed by atoms with E-state index in [2.05, 4.69) is 0 Å². The zero-order chi connectivity index (χ0) is 10.8. The van der Waals surface area contributed by atoms with Crippen molar-refractivity contribution in [3.05, 3.63) is 0 Å². The Labute approximate surface area is 96.7 Å². The molecule has 0 heterocycles. The van der Waals surface area contributed by atoms with E-state index in [1.165, 1.54) is 0 Å². The molecule has 0 aliphatic rings. The van der Waals surface area contributed by atoms with Crippen LogP contribution >= 0.6 is 12.4 Å². The van der Waals surface area contributed by atoms with Gasteiger partial charge in [-0.05, 0) is 13.8 Å². The second kappa shape index (κ2) is 11.7. The van der Waals surface area contributed by atoms with Crippen LogP contribution in [0.1, 0.15) is 13.8 Å². The van der Waals surface area contributed by atoms with Gasteiger partial charge in [0.2, 0.25) is 0 Å². The molecule has 2 N–H and O–H groups in total. The lowest BCUT2D eigenvalue weighted by molar-refractivity contribution is -0.146. The van der Waals surface area contributed by atoms with Crippen molar-refractivity contribution in [3.63, 3.8) is 0 Å².